The van der Waals surface area contributed by atoms with Gasteiger partial charge < -0.3 is 15.0 Å². The summed E-state index contributed by atoms with van der Waals surface area (Å²) in [6, 6.07) is 13.1. The Hall–Kier alpha value is -2.78. The molecule has 8 nitrogen and oxygen atoms in total. The molecule has 0 bridgehead atoms. The zero-order valence-corrected chi connectivity index (χ0v) is 21.5. The maximum Gasteiger partial charge on any atom is 0.242 e. The quantitative estimate of drug-likeness (QED) is 0.472. The molecule has 10 heteroatoms. The summed E-state index contributed by atoms with van der Waals surface area (Å²) in [7, 11) is -2.07. The van der Waals surface area contributed by atoms with Gasteiger partial charge in [-0.2, -0.15) is 0 Å². The number of sulfonamides is 1. The van der Waals surface area contributed by atoms with Crippen LogP contribution in [0.25, 0.3) is 0 Å². The number of nitrogens with one attached hydrogen (secondary N) is 1. The largest absolute Gasteiger partial charge is 0.497 e. The highest BCUT2D eigenvalue weighted by Crippen LogP contribution is 2.24. The van der Waals surface area contributed by atoms with Crippen LogP contribution in [0.3, 0.4) is 0 Å². The summed E-state index contributed by atoms with van der Waals surface area (Å²) in [6.07, 6.45) is 1.48. The van der Waals surface area contributed by atoms with Gasteiger partial charge in [0.15, 0.2) is 0 Å². The van der Waals surface area contributed by atoms with Crippen LogP contribution in [0.15, 0.2) is 48.5 Å². The molecule has 0 aromatic heterocycles. The van der Waals surface area contributed by atoms with Crippen LogP contribution in [0.5, 0.6) is 5.75 Å². The SMILES string of the molecule is CCNC(=O)C(C)N(Cc1ccc(Cl)cc1)C(=O)CCCN(c1cccc(OC)c1)S(C)(=O)=O. The van der Waals surface area contributed by atoms with Crippen LogP contribution in [-0.2, 0) is 26.2 Å². The van der Waals surface area contributed by atoms with E-state index in [2.05, 4.69) is 5.32 Å². The Bertz CT molecular complexity index is 1080. The second kappa shape index (κ2) is 12.6. The van der Waals surface area contributed by atoms with Gasteiger partial charge in [-0.1, -0.05) is 29.8 Å². The topological polar surface area (TPSA) is 96.0 Å². The number of carbonyl (C=O) groups is 2. The molecule has 0 aliphatic heterocycles. The molecule has 0 aliphatic carbocycles. The van der Waals surface area contributed by atoms with Crippen LogP contribution in [-0.4, -0.2) is 57.6 Å². The molecule has 0 fully saturated rings. The van der Waals surface area contributed by atoms with Crippen LogP contribution >= 0.6 is 11.6 Å². The molecule has 0 heterocycles. The van der Waals surface area contributed by atoms with Crippen molar-refractivity contribution in [3.05, 3.63) is 59.1 Å². The Morgan fingerprint density at radius 2 is 1.82 bits per heavy atom. The fourth-order valence-electron chi connectivity index (χ4n) is 3.46. The minimum atomic E-state index is -3.57. The lowest BCUT2D eigenvalue weighted by atomic mass is 10.1. The molecule has 0 aliphatic rings. The molecule has 2 aromatic carbocycles. The van der Waals surface area contributed by atoms with Gasteiger partial charge in [-0.05, 0) is 50.1 Å². The van der Waals surface area contributed by atoms with Crippen molar-refractivity contribution in [2.24, 2.45) is 0 Å². The second-order valence-electron chi connectivity index (χ2n) is 7.86. The van der Waals surface area contributed by atoms with Crippen molar-refractivity contribution in [2.45, 2.75) is 39.3 Å². The fraction of sp³-hybridized carbons (Fsp3) is 0.417. The van der Waals surface area contributed by atoms with Crippen LogP contribution in [0.1, 0.15) is 32.3 Å². The molecule has 186 valence electrons. The van der Waals surface area contributed by atoms with Crippen LogP contribution in [0.4, 0.5) is 5.69 Å². The summed E-state index contributed by atoms with van der Waals surface area (Å²) in [5.41, 5.74) is 1.30. The van der Waals surface area contributed by atoms with Gasteiger partial charge in [-0.3, -0.25) is 13.9 Å². The zero-order chi connectivity index (χ0) is 25.3. The number of amides is 2. The van der Waals surface area contributed by atoms with E-state index in [1.807, 2.05) is 6.92 Å². The Labute approximate surface area is 206 Å². The lowest BCUT2D eigenvalue weighted by Gasteiger charge is -2.29. The molecule has 2 rings (SSSR count). The number of halogens is 1. The highest BCUT2D eigenvalue weighted by Gasteiger charge is 2.26. The number of rotatable bonds is 12. The first kappa shape index (κ1) is 27.5. The van der Waals surface area contributed by atoms with Gasteiger partial charge in [0.2, 0.25) is 21.8 Å². The number of anilines is 1. The van der Waals surface area contributed by atoms with E-state index in [9.17, 15) is 18.0 Å². The summed E-state index contributed by atoms with van der Waals surface area (Å²) in [5, 5.41) is 3.33. The Balaban J connectivity index is 2.15. The number of nitrogens with zero attached hydrogens (tertiary/aromatic N) is 2. The molecule has 0 saturated carbocycles. The first-order valence-electron chi connectivity index (χ1n) is 11.0. The van der Waals surface area contributed by atoms with E-state index in [4.69, 9.17) is 16.3 Å². The molecule has 2 aromatic rings. The van der Waals surface area contributed by atoms with Crippen molar-refractivity contribution in [2.75, 3.05) is 30.8 Å². The van der Waals surface area contributed by atoms with Gasteiger partial charge in [0.05, 0.1) is 19.1 Å². The molecule has 1 unspecified atom stereocenters. The van der Waals surface area contributed by atoms with Crippen molar-refractivity contribution in [3.8, 4) is 5.75 Å². The minimum absolute atomic E-state index is 0.0767. The van der Waals surface area contributed by atoms with Gasteiger partial charge in [0.1, 0.15) is 11.8 Å². The number of likely N-dealkylation sites (N-methyl/N-ethyl adjacent to an activating group) is 1. The Morgan fingerprint density at radius 3 is 2.41 bits per heavy atom. The van der Waals surface area contributed by atoms with Crippen molar-refractivity contribution in [1.29, 1.82) is 0 Å². The van der Waals surface area contributed by atoms with E-state index in [-0.39, 0.29) is 37.7 Å². The molecule has 1 N–H and O–H groups in total. The summed E-state index contributed by atoms with van der Waals surface area (Å²) in [4.78, 5) is 27.1. The van der Waals surface area contributed by atoms with E-state index in [0.29, 0.717) is 23.0 Å². The summed E-state index contributed by atoms with van der Waals surface area (Å²) >= 11 is 5.96. The summed E-state index contributed by atoms with van der Waals surface area (Å²) in [6.45, 7) is 4.30. The van der Waals surface area contributed by atoms with Gasteiger partial charge in [0.25, 0.3) is 0 Å². The average molecular weight is 510 g/mol. The van der Waals surface area contributed by atoms with E-state index >= 15 is 0 Å². The number of hydrogen-bond donors (Lipinski definition) is 1. The Kier molecular flexibility index (Phi) is 10.2. The molecule has 1 atom stereocenters. The van der Waals surface area contributed by atoms with Gasteiger partial charge in [-0.15, -0.1) is 0 Å². The third-order valence-electron chi connectivity index (χ3n) is 5.28. The first-order chi connectivity index (χ1) is 16.1. The van der Waals surface area contributed by atoms with Gasteiger partial charge >= 0.3 is 0 Å². The monoisotopic (exact) mass is 509 g/mol. The lowest BCUT2D eigenvalue weighted by molar-refractivity contribution is -0.140. The van der Waals surface area contributed by atoms with Crippen LogP contribution < -0.4 is 14.4 Å². The highest BCUT2D eigenvalue weighted by molar-refractivity contribution is 7.92. The second-order valence-corrected chi connectivity index (χ2v) is 10.2. The molecular weight excluding hydrogens is 478 g/mol. The predicted octanol–water partition coefficient (Wildman–Crippen LogP) is 3.45. The summed E-state index contributed by atoms with van der Waals surface area (Å²) in [5.74, 6) is 0.0406. The molecule has 0 saturated heterocycles. The van der Waals surface area contributed by atoms with Gasteiger partial charge in [-0.25, -0.2) is 8.42 Å². The van der Waals surface area contributed by atoms with Crippen molar-refractivity contribution in [1.82, 2.24) is 10.2 Å². The Morgan fingerprint density at radius 1 is 1.15 bits per heavy atom. The maximum absolute atomic E-state index is 13.2. The lowest BCUT2D eigenvalue weighted by Crippen LogP contribution is -2.47. The maximum atomic E-state index is 13.2. The van der Waals surface area contributed by atoms with E-state index in [1.54, 1.807) is 55.5 Å². The average Bonchev–Trinajstić information content (AvgIpc) is 2.80. The molecule has 34 heavy (non-hydrogen) atoms. The standard InChI is InChI=1S/C24H32ClN3O5S/c1-5-26-24(30)18(2)27(17-19-11-13-20(25)14-12-19)23(29)10-7-15-28(34(4,31)32)21-8-6-9-22(16-21)33-3/h6,8-9,11-14,16,18H,5,7,10,15,17H2,1-4H3,(H,26,30). The van der Waals surface area contributed by atoms with E-state index < -0.39 is 16.1 Å². The van der Waals surface area contributed by atoms with Crippen molar-refractivity contribution in [3.63, 3.8) is 0 Å². The zero-order valence-electron chi connectivity index (χ0n) is 20.0. The normalized spacial score (nSPS) is 12.0. The van der Waals surface area contributed by atoms with E-state index in [1.165, 1.54) is 16.3 Å². The number of hydrogen-bond acceptors (Lipinski definition) is 5. The third-order valence-corrected chi connectivity index (χ3v) is 6.72. The minimum Gasteiger partial charge on any atom is -0.497 e. The number of methoxy groups -OCH3 is 1. The molecule has 0 spiro atoms. The molecule has 2 amide bonds. The smallest absolute Gasteiger partial charge is 0.242 e. The fourth-order valence-corrected chi connectivity index (χ4v) is 4.54. The number of benzene rings is 2. The van der Waals surface area contributed by atoms with Gasteiger partial charge in [0, 0.05) is 37.1 Å². The molecule has 0 radical (unpaired) electrons. The number of carbonyl (C=O) groups excluding carboxylic acids is 2. The number of ether oxygens (including phenoxy) is 1. The van der Waals surface area contributed by atoms with Crippen molar-refractivity contribution >= 4 is 39.1 Å². The predicted molar refractivity (Wildman–Crippen MR) is 135 cm³/mol. The molecular formula is C24H32ClN3O5S. The third kappa shape index (κ3) is 7.92. The first-order valence-corrected chi connectivity index (χ1v) is 13.2. The summed E-state index contributed by atoms with van der Waals surface area (Å²) < 4.78 is 31.3. The highest BCUT2D eigenvalue weighted by atomic mass is 35.5. The van der Waals surface area contributed by atoms with Crippen LogP contribution in [0, 0.1) is 0 Å². The van der Waals surface area contributed by atoms with E-state index in [0.717, 1.165) is 11.8 Å². The van der Waals surface area contributed by atoms with Crippen molar-refractivity contribution < 1.29 is 22.7 Å². The van der Waals surface area contributed by atoms with Crippen LogP contribution in [0.2, 0.25) is 5.02 Å².